The number of halogens is 1. The quantitative estimate of drug-likeness (QED) is 0.820. The maximum absolute atomic E-state index is 12.3. The third-order valence-electron chi connectivity index (χ3n) is 3.07. The molecule has 16 heavy (non-hydrogen) atoms. The van der Waals surface area contributed by atoms with E-state index in [0.29, 0.717) is 0 Å². The number of aryl methyl sites for hydroxylation is 1. The van der Waals surface area contributed by atoms with Crippen molar-refractivity contribution in [1.29, 1.82) is 0 Å². The molecule has 1 aliphatic rings. The van der Waals surface area contributed by atoms with Gasteiger partial charge in [0.1, 0.15) is 5.69 Å². The highest BCUT2D eigenvalue weighted by atomic mass is 79.9. The molecule has 0 radical (unpaired) electrons. The van der Waals surface area contributed by atoms with E-state index in [1.807, 2.05) is 21.7 Å². The average Bonchev–Trinajstić information content (AvgIpc) is 2.70. The van der Waals surface area contributed by atoms with Crippen LogP contribution < -0.4 is 0 Å². The zero-order valence-electron chi connectivity index (χ0n) is 9.58. The molecule has 2 rings (SSSR count). The summed E-state index contributed by atoms with van der Waals surface area (Å²) in [6.45, 7) is 4.70. The van der Waals surface area contributed by atoms with Gasteiger partial charge in [-0.15, -0.1) is 0 Å². The summed E-state index contributed by atoms with van der Waals surface area (Å²) in [5.41, 5.74) is 0.802. The molecule has 4 heteroatoms. The summed E-state index contributed by atoms with van der Waals surface area (Å²) in [6.07, 6.45) is 5.50. The number of carbonyl (C=O) groups excluding carboxylic acids is 1. The summed E-state index contributed by atoms with van der Waals surface area (Å²) >= 11 is 3.42. The van der Waals surface area contributed by atoms with Crippen molar-refractivity contribution in [3.8, 4) is 0 Å². The van der Waals surface area contributed by atoms with Crippen LogP contribution in [0.3, 0.4) is 0 Å². The van der Waals surface area contributed by atoms with Crippen molar-refractivity contribution in [3.63, 3.8) is 0 Å². The maximum Gasteiger partial charge on any atom is 0.270 e. The van der Waals surface area contributed by atoms with Gasteiger partial charge in [-0.25, -0.2) is 0 Å². The van der Waals surface area contributed by atoms with Gasteiger partial charge in [-0.3, -0.25) is 4.79 Å². The van der Waals surface area contributed by atoms with Crippen LogP contribution in [0.15, 0.2) is 16.7 Å². The van der Waals surface area contributed by atoms with Crippen LogP contribution in [0, 0.1) is 0 Å². The Morgan fingerprint density at radius 1 is 1.38 bits per heavy atom. The molecule has 0 atom stereocenters. The van der Waals surface area contributed by atoms with Crippen molar-refractivity contribution in [2.24, 2.45) is 0 Å². The van der Waals surface area contributed by atoms with E-state index in [4.69, 9.17) is 0 Å². The smallest absolute Gasteiger partial charge is 0.270 e. The number of hydrogen-bond acceptors (Lipinski definition) is 1. The van der Waals surface area contributed by atoms with Gasteiger partial charge in [0.15, 0.2) is 0 Å². The van der Waals surface area contributed by atoms with E-state index in [9.17, 15) is 4.79 Å². The Balaban J connectivity index is 2.18. The molecule has 0 spiro atoms. The zero-order chi connectivity index (χ0) is 11.5. The van der Waals surface area contributed by atoms with E-state index < -0.39 is 0 Å². The van der Waals surface area contributed by atoms with Gasteiger partial charge < -0.3 is 9.47 Å². The predicted octanol–water partition coefficient (Wildman–Crippen LogP) is 2.90. The molecule has 0 unspecified atom stereocenters. The molecule has 1 fully saturated rings. The fourth-order valence-electron chi connectivity index (χ4n) is 2.17. The minimum atomic E-state index is 0.173. The topological polar surface area (TPSA) is 25.2 Å². The first-order valence-corrected chi connectivity index (χ1v) is 6.66. The molecule has 2 heterocycles. The lowest BCUT2D eigenvalue weighted by Gasteiger charge is -2.26. The number of carbonyl (C=O) groups is 1. The van der Waals surface area contributed by atoms with Crippen LogP contribution in [-0.4, -0.2) is 28.5 Å². The van der Waals surface area contributed by atoms with Gasteiger partial charge in [0.25, 0.3) is 5.91 Å². The number of likely N-dealkylation sites (tertiary alicyclic amines) is 1. The first kappa shape index (κ1) is 11.7. The first-order chi connectivity index (χ1) is 7.72. The summed E-state index contributed by atoms with van der Waals surface area (Å²) in [4.78, 5) is 14.2. The Labute approximate surface area is 105 Å². The molecule has 0 aliphatic carbocycles. The van der Waals surface area contributed by atoms with Crippen LogP contribution in [0.2, 0.25) is 0 Å². The first-order valence-electron chi connectivity index (χ1n) is 5.87. The van der Waals surface area contributed by atoms with Crippen LogP contribution in [-0.2, 0) is 6.54 Å². The number of amides is 1. The second-order valence-corrected chi connectivity index (χ2v) is 5.10. The fraction of sp³-hybridized carbons (Fsp3) is 0.583. The molecule has 0 saturated carbocycles. The predicted molar refractivity (Wildman–Crippen MR) is 67.6 cm³/mol. The highest BCUT2D eigenvalue weighted by molar-refractivity contribution is 9.10. The van der Waals surface area contributed by atoms with Crippen molar-refractivity contribution in [1.82, 2.24) is 9.47 Å². The molecule has 0 bridgehead atoms. The summed E-state index contributed by atoms with van der Waals surface area (Å²) < 4.78 is 2.98. The summed E-state index contributed by atoms with van der Waals surface area (Å²) in [7, 11) is 0. The Morgan fingerprint density at radius 2 is 2.06 bits per heavy atom. The van der Waals surface area contributed by atoms with Crippen molar-refractivity contribution in [2.45, 2.75) is 32.7 Å². The van der Waals surface area contributed by atoms with E-state index in [-0.39, 0.29) is 5.91 Å². The molecule has 1 aliphatic heterocycles. The van der Waals surface area contributed by atoms with E-state index in [0.717, 1.165) is 42.6 Å². The Kier molecular flexibility index (Phi) is 3.69. The fourth-order valence-corrected chi connectivity index (χ4v) is 2.64. The summed E-state index contributed by atoms with van der Waals surface area (Å²) in [5.74, 6) is 0.173. The Bertz CT molecular complexity index is 380. The number of aromatic nitrogens is 1. The summed E-state index contributed by atoms with van der Waals surface area (Å²) in [5, 5.41) is 0. The van der Waals surface area contributed by atoms with Crippen molar-refractivity contribution < 1.29 is 4.79 Å². The highest BCUT2D eigenvalue weighted by Gasteiger charge is 2.21. The van der Waals surface area contributed by atoms with Crippen LogP contribution in [0.1, 0.15) is 36.7 Å². The lowest BCUT2D eigenvalue weighted by Crippen LogP contribution is -2.36. The average molecular weight is 285 g/mol. The van der Waals surface area contributed by atoms with Crippen LogP contribution in [0.5, 0.6) is 0 Å². The van der Waals surface area contributed by atoms with E-state index in [1.54, 1.807) is 0 Å². The lowest BCUT2D eigenvalue weighted by atomic mass is 10.1. The van der Waals surface area contributed by atoms with E-state index >= 15 is 0 Å². The highest BCUT2D eigenvalue weighted by Crippen LogP contribution is 2.18. The molecule has 3 nitrogen and oxygen atoms in total. The van der Waals surface area contributed by atoms with Gasteiger partial charge in [0.2, 0.25) is 0 Å². The SMILES string of the molecule is CCn1cc(Br)cc1C(=O)N1CCCCC1. The molecule has 0 N–H and O–H groups in total. The number of piperidine rings is 1. The van der Waals surface area contributed by atoms with Gasteiger partial charge >= 0.3 is 0 Å². The minimum Gasteiger partial charge on any atom is -0.343 e. The van der Waals surface area contributed by atoms with Crippen molar-refractivity contribution in [2.75, 3.05) is 13.1 Å². The number of rotatable bonds is 2. The van der Waals surface area contributed by atoms with Crippen LogP contribution in [0.4, 0.5) is 0 Å². The lowest BCUT2D eigenvalue weighted by molar-refractivity contribution is 0.0713. The van der Waals surface area contributed by atoms with Crippen LogP contribution in [0.25, 0.3) is 0 Å². The van der Waals surface area contributed by atoms with E-state index in [2.05, 4.69) is 22.9 Å². The van der Waals surface area contributed by atoms with Crippen molar-refractivity contribution >= 4 is 21.8 Å². The van der Waals surface area contributed by atoms with Gasteiger partial charge in [0.05, 0.1) is 0 Å². The Hall–Kier alpha value is -0.770. The number of hydrogen-bond donors (Lipinski definition) is 0. The second kappa shape index (κ2) is 5.04. The normalized spacial score (nSPS) is 16.5. The maximum atomic E-state index is 12.3. The minimum absolute atomic E-state index is 0.173. The second-order valence-electron chi connectivity index (χ2n) is 4.18. The zero-order valence-corrected chi connectivity index (χ0v) is 11.2. The van der Waals surface area contributed by atoms with Gasteiger partial charge in [0, 0.05) is 30.3 Å². The molecular formula is C12H17BrN2O. The summed E-state index contributed by atoms with van der Waals surface area (Å²) in [6, 6.07) is 1.92. The standard InChI is InChI=1S/C12H17BrN2O/c1-2-14-9-10(13)8-11(14)12(16)15-6-4-3-5-7-15/h8-9H,2-7H2,1H3. The molecule has 1 aromatic rings. The van der Waals surface area contributed by atoms with Gasteiger partial charge in [-0.1, -0.05) is 0 Å². The van der Waals surface area contributed by atoms with E-state index in [1.165, 1.54) is 6.42 Å². The third-order valence-corrected chi connectivity index (χ3v) is 3.50. The molecule has 1 amide bonds. The molecule has 1 aromatic heterocycles. The molecule has 1 saturated heterocycles. The molecule has 88 valence electrons. The number of nitrogens with zero attached hydrogens (tertiary/aromatic N) is 2. The Morgan fingerprint density at radius 3 is 2.69 bits per heavy atom. The molecular weight excluding hydrogens is 268 g/mol. The molecule has 0 aromatic carbocycles. The third kappa shape index (κ3) is 2.32. The van der Waals surface area contributed by atoms with Crippen molar-refractivity contribution in [3.05, 3.63) is 22.4 Å². The van der Waals surface area contributed by atoms with Gasteiger partial charge in [-0.2, -0.15) is 0 Å². The van der Waals surface area contributed by atoms with Crippen LogP contribution >= 0.6 is 15.9 Å². The van der Waals surface area contributed by atoms with Gasteiger partial charge in [-0.05, 0) is 48.2 Å². The largest absolute Gasteiger partial charge is 0.343 e. The monoisotopic (exact) mass is 284 g/mol.